The Morgan fingerprint density at radius 3 is 2.14 bits per heavy atom. The first-order valence-electron chi connectivity index (χ1n) is 5.52. The van der Waals surface area contributed by atoms with Gasteiger partial charge in [-0.1, -0.05) is 25.7 Å². The van der Waals surface area contributed by atoms with Crippen LogP contribution in [0.3, 0.4) is 0 Å². The highest BCUT2D eigenvalue weighted by Crippen LogP contribution is 2.04. The molecule has 0 saturated heterocycles. The van der Waals surface area contributed by atoms with E-state index >= 15 is 0 Å². The number of carbonyl (C=O) groups excluding carboxylic acids is 1. The van der Waals surface area contributed by atoms with Gasteiger partial charge in [0.25, 0.3) is 0 Å². The van der Waals surface area contributed by atoms with E-state index in [2.05, 4.69) is 24.3 Å². The van der Waals surface area contributed by atoms with E-state index in [1.807, 2.05) is 0 Å². The normalized spacial score (nSPS) is 10.5. The summed E-state index contributed by atoms with van der Waals surface area (Å²) < 4.78 is 0. The average molecular weight is 199 g/mol. The van der Waals surface area contributed by atoms with Gasteiger partial charge >= 0.3 is 6.41 Å². The van der Waals surface area contributed by atoms with Gasteiger partial charge < -0.3 is 10.2 Å². The highest BCUT2D eigenvalue weighted by atomic mass is 16.1. The molecule has 0 atom stereocenters. The molecule has 0 fully saturated rings. The molecular formula is C11H23N2O. The maximum Gasteiger partial charge on any atom is 0.309 e. The lowest BCUT2D eigenvalue weighted by Crippen LogP contribution is -2.12. The first-order chi connectivity index (χ1) is 6.77. The third-order valence-electron chi connectivity index (χ3n) is 2.23. The summed E-state index contributed by atoms with van der Waals surface area (Å²) in [4.78, 5) is 12.0. The maximum atomic E-state index is 9.80. The number of hydrogen-bond acceptors (Lipinski definition) is 2. The Morgan fingerprint density at radius 2 is 1.57 bits per heavy atom. The van der Waals surface area contributed by atoms with Crippen molar-refractivity contribution in [3.8, 4) is 0 Å². The van der Waals surface area contributed by atoms with Gasteiger partial charge in [-0.05, 0) is 33.5 Å². The Labute approximate surface area is 87.9 Å². The predicted octanol–water partition coefficient (Wildman–Crippen LogP) is 1.55. The second kappa shape index (κ2) is 10.5. The van der Waals surface area contributed by atoms with Crippen molar-refractivity contribution in [3.05, 3.63) is 0 Å². The van der Waals surface area contributed by atoms with Crippen molar-refractivity contribution in [2.75, 3.05) is 27.2 Å². The van der Waals surface area contributed by atoms with Crippen molar-refractivity contribution >= 4 is 6.41 Å². The largest absolute Gasteiger partial charge is 0.348 e. The lowest BCUT2D eigenvalue weighted by atomic mass is 10.1. The molecule has 0 spiro atoms. The summed E-state index contributed by atoms with van der Waals surface area (Å²) in [7, 11) is 4.23. The molecule has 0 aliphatic rings. The fourth-order valence-corrected chi connectivity index (χ4v) is 1.40. The van der Waals surface area contributed by atoms with Crippen molar-refractivity contribution in [2.45, 2.75) is 38.5 Å². The quantitative estimate of drug-likeness (QED) is 0.427. The van der Waals surface area contributed by atoms with Crippen LogP contribution in [0.1, 0.15) is 38.5 Å². The van der Waals surface area contributed by atoms with Crippen LogP contribution >= 0.6 is 0 Å². The smallest absolute Gasteiger partial charge is 0.309 e. The molecule has 0 saturated carbocycles. The SMILES string of the molecule is CN(C)CCCCCCCCN[C]=O. The van der Waals surface area contributed by atoms with Crippen molar-refractivity contribution < 1.29 is 4.79 Å². The minimum Gasteiger partial charge on any atom is -0.348 e. The van der Waals surface area contributed by atoms with E-state index in [1.54, 1.807) is 6.41 Å². The molecule has 0 rings (SSSR count). The van der Waals surface area contributed by atoms with E-state index in [4.69, 9.17) is 0 Å². The summed E-state index contributed by atoms with van der Waals surface area (Å²) >= 11 is 0. The molecule has 3 heteroatoms. The van der Waals surface area contributed by atoms with Crippen LogP contribution in [0.15, 0.2) is 0 Å². The summed E-state index contributed by atoms with van der Waals surface area (Å²) in [6, 6.07) is 0. The van der Waals surface area contributed by atoms with Gasteiger partial charge in [0.15, 0.2) is 0 Å². The van der Waals surface area contributed by atoms with Gasteiger partial charge in [-0.2, -0.15) is 0 Å². The fourth-order valence-electron chi connectivity index (χ4n) is 1.40. The minimum atomic E-state index is 0.779. The molecule has 0 aromatic rings. The van der Waals surface area contributed by atoms with E-state index in [9.17, 15) is 4.79 Å². The van der Waals surface area contributed by atoms with E-state index in [0.717, 1.165) is 13.0 Å². The summed E-state index contributed by atoms with van der Waals surface area (Å²) in [6.07, 6.45) is 9.22. The highest BCUT2D eigenvalue weighted by Gasteiger charge is 1.92. The van der Waals surface area contributed by atoms with Gasteiger partial charge in [-0.3, -0.25) is 4.79 Å². The van der Waals surface area contributed by atoms with Crippen molar-refractivity contribution in [1.29, 1.82) is 0 Å². The molecule has 0 bridgehead atoms. The molecule has 1 amide bonds. The predicted molar refractivity (Wildman–Crippen MR) is 60.0 cm³/mol. The lowest BCUT2D eigenvalue weighted by molar-refractivity contribution is 0.389. The Hall–Kier alpha value is -0.570. The molecule has 3 nitrogen and oxygen atoms in total. The Balaban J connectivity index is 2.88. The van der Waals surface area contributed by atoms with Gasteiger partial charge in [-0.15, -0.1) is 0 Å². The lowest BCUT2D eigenvalue weighted by Gasteiger charge is -2.08. The van der Waals surface area contributed by atoms with Gasteiger partial charge in [-0.25, -0.2) is 0 Å². The van der Waals surface area contributed by atoms with E-state index < -0.39 is 0 Å². The monoisotopic (exact) mass is 199 g/mol. The zero-order chi connectivity index (χ0) is 10.6. The second-order valence-electron chi connectivity index (χ2n) is 3.95. The zero-order valence-corrected chi connectivity index (χ0v) is 9.51. The van der Waals surface area contributed by atoms with Crippen molar-refractivity contribution in [1.82, 2.24) is 10.2 Å². The standard InChI is InChI=1S/C11H23N2O/c1-13(2)10-8-6-4-3-5-7-9-12-11-14/h3-10H2,1-2H3,(H,12,14). The third kappa shape index (κ3) is 11.4. The third-order valence-corrected chi connectivity index (χ3v) is 2.23. The van der Waals surface area contributed by atoms with Gasteiger partial charge in [0.1, 0.15) is 0 Å². The van der Waals surface area contributed by atoms with Crippen LogP contribution < -0.4 is 5.32 Å². The van der Waals surface area contributed by atoms with Crippen LogP contribution in [0.4, 0.5) is 0 Å². The molecule has 0 aromatic carbocycles. The van der Waals surface area contributed by atoms with Crippen LogP contribution in [-0.4, -0.2) is 38.5 Å². The summed E-state index contributed by atoms with van der Waals surface area (Å²) in [6.45, 7) is 1.98. The summed E-state index contributed by atoms with van der Waals surface area (Å²) in [5.74, 6) is 0. The number of rotatable bonds is 10. The zero-order valence-electron chi connectivity index (χ0n) is 9.51. The molecule has 1 radical (unpaired) electrons. The summed E-state index contributed by atoms with van der Waals surface area (Å²) in [5.41, 5.74) is 0. The molecule has 0 unspecified atom stereocenters. The average Bonchev–Trinajstić information content (AvgIpc) is 2.15. The summed E-state index contributed by atoms with van der Waals surface area (Å²) in [5, 5.41) is 2.55. The van der Waals surface area contributed by atoms with Crippen LogP contribution in [0.25, 0.3) is 0 Å². The van der Waals surface area contributed by atoms with Gasteiger partial charge in [0.2, 0.25) is 0 Å². The minimum absolute atomic E-state index is 0.779. The highest BCUT2D eigenvalue weighted by molar-refractivity contribution is 5.46. The molecule has 0 aliphatic carbocycles. The first kappa shape index (κ1) is 13.4. The van der Waals surface area contributed by atoms with Crippen molar-refractivity contribution in [2.24, 2.45) is 0 Å². The second-order valence-corrected chi connectivity index (χ2v) is 3.95. The van der Waals surface area contributed by atoms with E-state index in [-0.39, 0.29) is 0 Å². The van der Waals surface area contributed by atoms with Gasteiger partial charge in [0, 0.05) is 6.54 Å². The fraction of sp³-hybridized carbons (Fsp3) is 0.909. The van der Waals surface area contributed by atoms with E-state index in [1.165, 1.54) is 38.6 Å². The Bertz CT molecular complexity index is 126. The van der Waals surface area contributed by atoms with Crippen LogP contribution in [0.2, 0.25) is 0 Å². The maximum absolute atomic E-state index is 9.80. The molecule has 14 heavy (non-hydrogen) atoms. The Kier molecular flexibility index (Phi) is 10.1. The van der Waals surface area contributed by atoms with Crippen LogP contribution in [0.5, 0.6) is 0 Å². The first-order valence-corrected chi connectivity index (χ1v) is 5.52. The Morgan fingerprint density at radius 1 is 1.00 bits per heavy atom. The molecule has 0 aromatic heterocycles. The van der Waals surface area contributed by atoms with Crippen molar-refractivity contribution in [3.63, 3.8) is 0 Å². The molecular weight excluding hydrogens is 176 g/mol. The van der Waals surface area contributed by atoms with E-state index in [0.29, 0.717) is 0 Å². The number of nitrogens with one attached hydrogen (secondary N) is 1. The molecule has 0 aliphatic heterocycles. The number of nitrogens with zero attached hydrogens (tertiary/aromatic N) is 1. The van der Waals surface area contributed by atoms with Crippen LogP contribution in [0, 0.1) is 0 Å². The van der Waals surface area contributed by atoms with Gasteiger partial charge in [0.05, 0.1) is 0 Å². The number of amides is 1. The molecule has 1 N–H and O–H groups in total. The molecule has 83 valence electrons. The molecule has 0 heterocycles. The topological polar surface area (TPSA) is 32.3 Å². The number of hydrogen-bond donors (Lipinski definition) is 1. The number of unbranched alkanes of at least 4 members (excludes halogenated alkanes) is 5. The van der Waals surface area contributed by atoms with Crippen LogP contribution in [-0.2, 0) is 4.79 Å².